The van der Waals surface area contributed by atoms with Gasteiger partial charge in [0.2, 0.25) is 0 Å². The molecule has 1 fully saturated rings. The number of aliphatic imine (C=N–C) groups is 1. The molecule has 1 aliphatic heterocycles. The number of piperazine rings is 1. The first kappa shape index (κ1) is 25.2. The summed E-state index contributed by atoms with van der Waals surface area (Å²) < 4.78 is 5.43. The van der Waals surface area contributed by atoms with E-state index in [1.807, 2.05) is 20.8 Å². The molecule has 8 heteroatoms. The predicted octanol–water partition coefficient (Wildman–Crippen LogP) is 2.51. The van der Waals surface area contributed by atoms with E-state index in [4.69, 9.17) is 4.74 Å². The minimum atomic E-state index is -0.433. The summed E-state index contributed by atoms with van der Waals surface area (Å²) in [5.74, 6) is 0.892. The minimum absolute atomic E-state index is 0. The molecule has 0 aromatic carbocycles. The Morgan fingerprint density at radius 1 is 1.12 bits per heavy atom. The van der Waals surface area contributed by atoms with Gasteiger partial charge < -0.3 is 20.3 Å². The largest absolute Gasteiger partial charge is 0.444 e. The van der Waals surface area contributed by atoms with Gasteiger partial charge in [0.15, 0.2) is 5.96 Å². The van der Waals surface area contributed by atoms with Crippen molar-refractivity contribution in [1.29, 1.82) is 0 Å². The second-order valence-electron chi connectivity index (χ2n) is 7.35. The number of guanidine groups is 1. The number of amides is 1. The highest BCUT2D eigenvalue weighted by Crippen LogP contribution is 2.11. The first-order valence-corrected chi connectivity index (χ1v) is 9.58. The summed E-state index contributed by atoms with van der Waals surface area (Å²) in [6, 6.07) is 0. The van der Waals surface area contributed by atoms with Crippen molar-refractivity contribution in [3.05, 3.63) is 0 Å². The van der Waals surface area contributed by atoms with Crippen LogP contribution in [0.25, 0.3) is 0 Å². The molecule has 0 aliphatic carbocycles. The lowest BCUT2D eigenvalue weighted by Crippen LogP contribution is -2.51. The Kier molecular flexibility index (Phi) is 13.0. The van der Waals surface area contributed by atoms with E-state index in [0.29, 0.717) is 0 Å². The van der Waals surface area contributed by atoms with Crippen LogP contribution in [0.5, 0.6) is 0 Å². The second kappa shape index (κ2) is 13.4. The van der Waals surface area contributed by atoms with Crippen molar-refractivity contribution in [3.8, 4) is 0 Å². The van der Waals surface area contributed by atoms with E-state index < -0.39 is 5.60 Å². The van der Waals surface area contributed by atoms with Crippen LogP contribution < -0.4 is 10.6 Å². The van der Waals surface area contributed by atoms with Crippen molar-refractivity contribution >= 4 is 36.0 Å². The van der Waals surface area contributed by atoms with Crippen LogP contribution in [0.3, 0.4) is 0 Å². The Labute approximate surface area is 176 Å². The van der Waals surface area contributed by atoms with Crippen LogP contribution in [0.4, 0.5) is 4.79 Å². The van der Waals surface area contributed by atoms with E-state index in [9.17, 15) is 4.79 Å². The lowest BCUT2D eigenvalue weighted by Gasteiger charge is -2.35. The molecule has 1 heterocycles. The summed E-state index contributed by atoms with van der Waals surface area (Å²) in [5.41, 5.74) is -0.433. The van der Waals surface area contributed by atoms with Gasteiger partial charge in [0.25, 0.3) is 0 Å². The van der Waals surface area contributed by atoms with Gasteiger partial charge in [-0.1, -0.05) is 13.3 Å². The smallest absolute Gasteiger partial charge is 0.410 e. The monoisotopic (exact) mass is 483 g/mol. The number of carbonyl (C=O) groups excluding carboxylic acids is 1. The molecule has 0 radical (unpaired) electrons. The number of carbonyl (C=O) groups is 1. The molecule has 2 N–H and O–H groups in total. The number of hydrogen-bond acceptors (Lipinski definition) is 4. The van der Waals surface area contributed by atoms with Crippen LogP contribution in [-0.4, -0.2) is 79.8 Å². The number of ether oxygens (including phenoxy) is 1. The highest BCUT2D eigenvalue weighted by Gasteiger charge is 2.25. The molecule has 1 saturated heterocycles. The van der Waals surface area contributed by atoms with Crippen molar-refractivity contribution < 1.29 is 9.53 Å². The molecule has 1 amide bonds. The average molecular weight is 483 g/mol. The van der Waals surface area contributed by atoms with Crippen molar-refractivity contribution in [2.45, 2.75) is 53.1 Å². The summed E-state index contributed by atoms with van der Waals surface area (Å²) in [5, 5.41) is 6.66. The maximum Gasteiger partial charge on any atom is 0.410 e. The number of hydrogen-bond donors (Lipinski definition) is 2. The van der Waals surface area contributed by atoms with Crippen molar-refractivity contribution in [2.24, 2.45) is 4.99 Å². The number of nitrogens with zero attached hydrogens (tertiary/aromatic N) is 3. The van der Waals surface area contributed by atoms with Gasteiger partial charge in [0, 0.05) is 52.4 Å². The van der Waals surface area contributed by atoms with Crippen LogP contribution in [0.2, 0.25) is 0 Å². The van der Waals surface area contributed by atoms with Gasteiger partial charge in [-0.05, 0) is 34.1 Å². The van der Waals surface area contributed by atoms with Gasteiger partial charge in [-0.3, -0.25) is 9.89 Å². The zero-order valence-corrected chi connectivity index (χ0v) is 19.5. The third kappa shape index (κ3) is 11.1. The Morgan fingerprint density at radius 2 is 1.77 bits per heavy atom. The lowest BCUT2D eigenvalue weighted by molar-refractivity contribution is 0.0147. The molecule has 26 heavy (non-hydrogen) atoms. The first-order valence-electron chi connectivity index (χ1n) is 9.58. The quantitative estimate of drug-likeness (QED) is 0.252. The van der Waals surface area contributed by atoms with E-state index in [1.54, 1.807) is 4.90 Å². The molecule has 1 rings (SSSR count). The van der Waals surface area contributed by atoms with Crippen molar-refractivity contribution in [3.63, 3.8) is 0 Å². The fourth-order valence-electron chi connectivity index (χ4n) is 2.50. The molecule has 0 bridgehead atoms. The molecule has 1 aliphatic rings. The van der Waals surface area contributed by atoms with Gasteiger partial charge in [0.1, 0.15) is 5.60 Å². The number of nitrogens with one attached hydrogen (secondary N) is 2. The molecule has 0 atom stereocenters. The van der Waals surface area contributed by atoms with E-state index in [2.05, 4.69) is 34.4 Å². The zero-order chi connectivity index (χ0) is 18.7. The normalized spacial score (nSPS) is 16.0. The lowest BCUT2D eigenvalue weighted by atomic mass is 10.2. The van der Waals surface area contributed by atoms with Crippen LogP contribution in [0.1, 0.15) is 47.5 Å². The fraction of sp³-hybridized carbons (Fsp3) is 0.889. The summed E-state index contributed by atoms with van der Waals surface area (Å²) in [6.45, 7) is 16.7. The van der Waals surface area contributed by atoms with Crippen LogP contribution in [-0.2, 0) is 4.74 Å². The molecule has 154 valence electrons. The predicted molar refractivity (Wildman–Crippen MR) is 119 cm³/mol. The van der Waals surface area contributed by atoms with Crippen molar-refractivity contribution in [2.75, 3.05) is 52.4 Å². The molecule has 0 unspecified atom stereocenters. The maximum atomic E-state index is 12.1. The molecule has 0 aromatic heterocycles. The van der Waals surface area contributed by atoms with Crippen LogP contribution >= 0.6 is 24.0 Å². The molecule has 0 saturated carbocycles. The van der Waals surface area contributed by atoms with Gasteiger partial charge in [-0.2, -0.15) is 0 Å². The summed E-state index contributed by atoms with van der Waals surface area (Å²) in [4.78, 5) is 20.8. The third-order valence-corrected chi connectivity index (χ3v) is 3.87. The first-order chi connectivity index (χ1) is 11.9. The molecular formula is C18H38IN5O2. The van der Waals surface area contributed by atoms with Gasteiger partial charge in [-0.15, -0.1) is 24.0 Å². The highest BCUT2D eigenvalue weighted by atomic mass is 127. The summed E-state index contributed by atoms with van der Waals surface area (Å²) in [7, 11) is 0. The highest BCUT2D eigenvalue weighted by molar-refractivity contribution is 14.0. The van der Waals surface area contributed by atoms with E-state index in [0.717, 1.165) is 71.2 Å². The Hall–Kier alpha value is -0.770. The minimum Gasteiger partial charge on any atom is -0.444 e. The number of unbranched alkanes of at least 4 members (excludes halogenated alkanes) is 1. The summed E-state index contributed by atoms with van der Waals surface area (Å²) in [6.07, 6.45) is 2.07. The second-order valence-corrected chi connectivity index (χ2v) is 7.35. The molecular weight excluding hydrogens is 445 g/mol. The van der Waals surface area contributed by atoms with Gasteiger partial charge >= 0.3 is 6.09 Å². The maximum absolute atomic E-state index is 12.1. The third-order valence-electron chi connectivity index (χ3n) is 3.87. The standard InChI is InChI=1S/C18H37N5O2.HI/c1-6-8-9-20-16(19-7-2)21-10-11-22-12-14-23(15-13-22)17(24)25-18(3,4)5;/h6-15H2,1-5H3,(H2,19,20,21);1H. The number of halogens is 1. The van der Waals surface area contributed by atoms with Gasteiger partial charge in [0.05, 0.1) is 0 Å². The van der Waals surface area contributed by atoms with E-state index in [1.165, 1.54) is 0 Å². The van der Waals surface area contributed by atoms with Gasteiger partial charge in [-0.25, -0.2) is 4.79 Å². The van der Waals surface area contributed by atoms with E-state index in [-0.39, 0.29) is 30.1 Å². The molecule has 0 aromatic rings. The molecule has 0 spiro atoms. The Balaban J connectivity index is 0.00000625. The Bertz CT molecular complexity index is 418. The van der Waals surface area contributed by atoms with E-state index >= 15 is 0 Å². The Morgan fingerprint density at radius 3 is 2.31 bits per heavy atom. The summed E-state index contributed by atoms with van der Waals surface area (Å²) >= 11 is 0. The molecule has 7 nitrogen and oxygen atoms in total. The average Bonchev–Trinajstić information content (AvgIpc) is 2.54. The van der Waals surface area contributed by atoms with Crippen molar-refractivity contribution in [1.82, 2.24) is 20.4 Å². The van der Waals surface area contributed by atoms with Crippen LogP contribution in [0, 0.1) is 0 Å². The SMILES string of the molecule is CCCCN=C(NCC)NCCN1CCN(C(=O)OC(C)(C)C)CC1.I. The topological polar surface area (TPSA) is 69.2 Å². The van der Waals surface area contributed by atoms with Crippen LogP contribution in [0.15, 0.2) is 4.99 Å². The fourth-order valence-corrected chi connectivity index (χ4v) is 2.50. The number of rotatable bonds is 7. The zero-order valence-electron chi connectivity index (χ0n) is 17.1.